The van der Waals surface area contributed by atoms with Gasteiger partial charge < -0.3 is 14.8 Å². The molecule has 4 heteroatoms. The second kappa shape index (κ2) is 8.02. The number of nitrogens with one attached hydrogen (secondary N) is 1. The lowest BCUT2D eigenvalue weighted by Crippen LogP contribution is -2.44. The summed E-state index contributed by atoms with van der Waals surface area (Å²) in [5.41, 5.74) is 0.134. The topological polar surface area (TPSA) is 47.6 Å². The van der Waals surface area contributed by atoms with E-state index in [9.17, 15) is 4.79 Å². The van der Waals surface area contributed by atoms with E-state index in [1.807, 2.05) is 24.3 Å². The molecule has 0 aliphatic heterocycles. The van der Waals surface area contributed by atoms with Crippen molar-refractivity contribution in [1.29, 1.82) is 0 Å². The van der Waals surface area contributed by atoms with Crippen molar-refractivity contribution in [1.82, 2.24) is 0 Å². The Hall–Kier alpha value is -1.55. The summed E-state index contributed by atoms with van der Waals surface area (Å²) in [5, 5.41) is 3.03. The Balaban J connectivity index is 1.60. The summed E-state index contributed by atoms with van der Waals surface area (Å²) in [6.07, 6.45) is 11.3. The Kier molecular flexibility index (Phi) is 5.77. The first-order valence-electron chi connectivity index (χ1n) is 9.35. The maximum atomic E-state index is 12.8. The zero-order chi connectivity index (χ0) is 16.8. The van der Waals surface area contributed by atoms with Gasteiger partial charge in [-0.1, -0.05) is 25.7 Å². The van der Waals surface area contributed by atoms with Crippen molar-refractivity contribution in [3.05, 3.63) is 24.3 Å². The molecule has 1 aromatic carbocycles. The van der Waals surface area contributed by atoms with Crippen LogP contribution in [0.5, 0.6) is 5.75 Å². The minimum absolute atomic E-state index is 0.0173. The van der Waals surface area contributed by atoms with Crippen LogP contribution in [0.15, 0.2) is 24.3 Å². The summed E-state index contributed by atoms with van der Waals surface area (Å²) >= 11 is 0. The first-order chi connectivity index (χ1) is 11.7. The fourth-order valence-corrected chi connectivity index (χ4v) is 3.88. The van der Waals surface area contributed by atoms with Gasteiger partial charge in [-0.05, 0) is 62.8 Å². The number of ether oxygens (including phenoxy) is 2. The van der Waals surface area contributed by atoms with E-state index in [0.717, 1.165) is 50.0 Å². The molecule has 0 spiro atoms. The van der Waals surface area contributed by atoms with Gasteiger partial charge in [0.15, 0.2) is 0 Å². The minimum atomic E-state index is -0.671. The van der Waals surface area contributed by atoms with Crippen molar-refractivity contribution in [2.75, 3.05) is 12.4 Å². The van der Waals surface area contributed by atoms with Gasteiger partial charge in [0.2, 0.25) is 0 Å². The van der Waals surface area contributed by atoms with Crippen molar-refractivity contribution in [2.24, 2.45) is 0 Å². The van der Waals surface area contributed by atoms with E-state index in [1.54, 1.807) is 7.11 Å². The highest BCUT2D eigenvalue weighted by Gasteiger charge is 2.38. The largest absolute Gasteiger partial charge is 0.490 e. The average molecular weight is 331 g/mol. The quantitative estimate of drug-likeness (QED) is 0.797. The highest BCUT2D eigenvalue weighted by atomic mass is 16.5. The number of hydrogen-bond acceptors (Lipinski definition) is 3. The molecule has 0 atom stereocenters. The van der Waals surface area contributed by atoms with Crippen LogP contribution >= 0.6 is 0 Å². The van der Waals surface area contributed by atoms with Gasteiger partial charge in [0.1, 0.15) is 11.4 Å². The molecule has 2 aliphatic rings. The van der Waals surface area contributed by atoms with Gasteiger partial charge >= 0.3 is 0 Å². The Morgan fingerprint density at radius 1 is 1.00 bits per heavy atom. The van der Waals surface area contributed by atoms with Crippen molar-refractivity contribution in [3.8, 4) is 5.75 Å². The molecule has 0 heterocycles. The molecule has 0 saturated heterocycles. The molecule has 0 radical (unpaired) electrons. The van der Waals surface area contributed by atoms with Crippen LogP contribution in [-0.2, 0) is 9.53 Å². The van der Waals surface area contributed by atoms with E-state index in [4.69, 9.17) is 9.47 Å². The van der Waals surface area contributed by atoms with E-state index < -0.39 is 5.60 Å². The maximum absolute atomic E-state index is 12.8. The normalized spacial score (nSPS) is 21.2. The smallest absolute Gasteiger partial charge is 0.256 e. The number of amides is 1. The SMILES string of the molecule is COC1(C(=O)Nc2ccc(OC3CCCC3)cc2)CCCCCC1. The van der Waals surface area contributed by atoms with Crippen LogP contribution in [0.25, 0.3) is 0 Å². The number of hydrogen-bond donors (Lipinski definition) is 1. The van der Waals surface area contributed by atoms with Crippen LogP contribution in [0.3, 0.4) is 0 Å². The molecule has 2 fully saturated rings. The highest BCUT2D eigenvalue weighted by molar-refractivity contribution is 5.97. The van der Waals surface area contributed by atoms with Gasteiger partial charge in [0.05, 0.1) is 6.10 Å². The van der Waals surface area contributed by atoms with Crippen LogP contribution < -0.4 is 10.1 Å². The number of benzene rings is 1. The molecule has 2 aliphatic carbocycles. The monoisotopic (exact) mass is 331 g/mol. The summed E-state index contributed by atoms with van der Waals surface area (Å²) in [6.45, 7) is 0. The second-order valence-electron chi connectivity index (χ2n) is 7.12. The lowest BCUT2D eigenvalue weighted by Gasteiger charge is -2.29. The summed E-state index contributed by atoms with van der Waals surface area (Å²) in [5.74, 6) is 0.868. The molecule has 0 bridgehead atoms. The molecule has 1 N–H and O–H groups in total. The molecule has 24 heavy (non-hydrogen) atoms. The minimum Gasteiger partial charge on any atom is -0.490 e. The van der Waals surface area contributed by atoms with Crippen LogP contribution in [0, 0.1) is 0 Å². The molecule has 4 nitrogen and oxygen atoms in total. The number of rotatable bonds is 5. The molecule has 0 aromatic heterocycles. The lowest BCUT2D eigenvalue weighted by atomic mass is 9.93. The fraction of sp³-hybridized carbons (Fsp3) is 0.650. The molecular weight excluding hydrogens is 302 g/mol. The molecule has 2 saturated carbocycles. The van der Waals surface area contributed by atoms with Gasteiger partial charge in [0, 0.05) is 12.8 Å². The van der Waals surface area contributed by atoms with E-state index >= 15 is 0 Å². The molecular formula is C20H29NO3. The van der Waals surface area contributed by atoms with Crippen LogP contribution in [-0.4, -0.2) is 24.7 Å². The van der Waals surface area contributed by atoms with Crippen molar-refractivity contribution < 1.29 is 14.3 Å². The molecule has 0 unspecified atom stereocenters. The third-order valence-corrected chi connectivity index (χ3v) is 5.43. The Bertz CT molecular complexity index is 526. The first kappa shape index (κ1) is 17.3. The Labute approximate surface area is 144 Å². The van der Waals surface area contributed by atoms with E-state index in [2.05, 4.69) is 5.32 Å². The van der Waals surface area contributed by atoms with Crippen molar-refractivity contribution in [3.63, 3.8) is 0 Å². The predicted molar refractivity (Wildman–Crippen MR) is 95.4 cm³/mol. The van der Waals surface area contributed by atoms with Crippen LogP contribution in [0.2, 0.25) is 0 Å². The van der Waals surface area contributed by atoms with Gasteiger partial charge in [-0.2, -0.15) is 0 Å². The summed E-state index contributed by atoms with van der Waals surface area (Å²) in [7, 11) is 1.66. The maximum Gasteiger partial charge on any atom is 0.256 e. The standard InChI is InChI=1S/C20H29NO3/c1-23-20(14-6-2-3-7-15-20)19(22)21-16-10-12-18(13-11-16)24-17-8-4-5-9-17/h10-13,17H,2-9,14-15H2,1H3,(H,21,22). The third kappa shape index (κ3) is 4.10. The van der Waals surface area contributed by atoms with Gasteiger partial charge in [-0.3, -0.25) is 4.79 Å². The highest BCUT2D eigenvalue weighted by Crippen LogP contribution is 2.32. The number of carbonyl (C=O) groups excluding carboxylic acids is 1. The number of anilines is 1. The summed E-state index contributed by atoms with van der Waals surface area (Å²) < 4.78 is 11.6. The van der Waals surface area contributed by atoms with Gasteiger partial charge in [-0.15, -0.1) is 0 Å². The second-order valence-corrected chi connectivity index (χ2v) is 7.12. The number of methoxy groups -OCH3 is 1. The predicted octanol–water partition coefficient (Wildman–Crippen LogP) is 4.69. The molecule has 132 valence electrons. The third-order valence-electron chi connectivity index (χ3n) is 5.43. The number of carbonyl (C=O) groups is 1. The van der Waals surface area contributed by atoms with E-state index in [1.165, 1.54) is 25.7 Å². The lowest BCUT2D eigenvalue weighted by molar-refractivity contribution is -0.139. The zero-order valence-corrected chi connectivity index (χ0v) is 14.7. The van der Waals surface area contributed by atoms with E-state index in [0.29, 0.717) is 6.10 Å². The van der Waals surface area contributed by atoms with Crippen LogP contribution in [0.4, 0.5) is 5.69 Å². The molecule has 3 rings (SSSR count). The fourth-order valence-electron chi connectivity index (χ4n) is 3.88. The molecule has 1 amide bonds. The first-order valence-corrected chi connectivity index (χ1v) is 9.35. The summed E-state index contributed by atoms with van der Waals surface area (Å²) in [6, 6.07) is 7.73. The zero-order valence-electron chi connectivity index (χ0n) is 14.7. The van der Waals surface area contributed by atoms with Crippen LogP contribution in [0.1, 0.15) is 64.2 Å². The van der Waals surface area contributed by atoms with E-state index in [-0.39, 0.29) is 5.91 Å². The Morgan fingerprint density at radius 3 is 2.21 bits per heavy atom. The van der Waals surface area contributed by atoms with Crippen molar-refractivity contribution >= 4 is 11.6 Å². The van der Waals surface area contributed by atoms with Gasteiger partial charge in [0.25, 0.3) is 5.91 Å². The Morgan fingerprint density at radius 2 is 1.62 bits per heavy atom. The molecule has 1 aromatic rings. The summed E-state index contributed by atoms with van der Waals surface area (Å²) in [4.78, 5) is 12.8. The van der Waals surface area contributed by atoms with Gasteiger partial charge in [-0.25, -0.2) is 0 Å². The van der Waals surface area contributed by atoms with Crippen molar-refractivity contribution in [2.45, 2.75) is 75.9 Å². The average Bonchev–Trinajstić information content (AvgIpc) is 2.98.